The number of anilines is 1. The minimum Gasteiger partial charge on any atom is -0.325 e. The largest absolute Gasteiger partial charge is 0.325 e. The molecule has 0 radical (unpaired) electrons. The van der Waals surface area contributed by atoms with Gasteiger partial charge < -0.3 is 5.32 Å². The first-order chi connectivity index (χ1) is 15.0. The highest BCUT2D eigenvalue weighted by atomic mass is 32.2. The third-order valence-electron chi connectivity index (χ3n) is 4.46. The summed E-state index contributed by atoms with van der Waals surface area (Å²) in [4.78, 5) is 30.1. The summed E-state index contributed by atoms with van der Waals surface area (Å²) in [5.74, 6) is -0.671. The SMILES string of the molecule is Cc1cc(-n2c(SCC(=O)Nc3cccc(C#N)c3)nc3ccsc3c2=O)ccc1F. The summed E-state index contributed by atoms with van der Waals surface area (Å²) in [7, 11) is 0. The number of aromatic nitrogens is 2. The average molecular weight is 451 g/mol. The molecule has 31 heavy (non-hydrogen) atoms. The molecular weight excluding hydrogens is 435 g/mol. The summed E-state index contributed by atoms with van der Waals surface area (Å²) in [5.41, 5.74) is 2.12. The van der Waals surface area contributed by atoms with E-state index in [-0.39, 0.29) is 23.0 Å². The number of hydrogen-bond donors (Lipinski definition) is 1. The molecule has 0 aliphatic rings. The maximum atomic E-state index is 13.8. The number of nitrogens with zero attached hydrogens (tertiary/aromatic N) is 3. The number of carbonyl (C=O) groups excluding carboxylic acids is 1. The molecule has 1 N–H and O–H groups in total. The summed E-state index contributed by atoms with van der Waals surface area (Å²) in [6, 6.07) is 14.8. The fourth-order valence-corrected chi connectivity index (χ4v) is 4.55. The molecule has 2 aromatic carbocycles. The van der Waals surface area contributed by atoms with Crippen LogP contribution in [0.25, 0.3) is 15.9 Å². The Morgan fingerprint density at radius 1 is 1.29 bits per heavy atom. The van der Waals surface area contributed by atoms with E-state index in [9.17, 15) is 14.0 Å². The van der Waals surface area contributed by atoms with E-state index in [1.165, 1.54) is 28.0 Å². The molecule has 4 aromatic rings. The van der Waals surface area contributed by atoms with Gasteiger partial charge in [-0.25, -0.2) is 9.37 Å². The Morgan fingerprint density at radius 2 is 2.13 bits per heavy atom. The van der Waals surface area contributed by atoms with Gasteiger partial charge in [-0.1, -0.05) is 17.8 Å². The first kappa shape index (κ1) is 20.8. The highest BCUT2D eigenvalue weighted by Gasteiger charge is 2.16. The Balaban J connectivity index is 1.65. The van der Waals surface area contributed by atoms with E-state index < -0.39 is 0 Å². The summed E-state index contributed by atoms with van der Waals surface area (Å²) < 4.78 is 15.6. The third-order valence-corrected chi connectivity index (χ3v) is 6.29. The summed E-state index contributed by atoms with van der Waals surface area (Å²) in [6.45, 7) is 1.62. The van der Waals surface area contributed by atoms with Crippen molar-refractivity contribution in [2.45, 2.75) is 12.1 Å². The van der Waals surface area contributed by atoms with Crippen molar-refractivity contribution in [3.8, 4) is 11.8 Å². The third kappa shape index (κ3) is 4.35. The number of benzene rings is 2. The summed E-state index contributed by atoms with van der Waals surface area (Å²) in [6.07, 6.45) is 0. The lowest BCUT2D eigenvalue weighted by Crippen LogP contribution is -2.22. The highest BCUT2D eigenvalue weighted by molar-refractivity contribution is 7.99. The number of nitrogens with one attached hydrogen (secondary N) is 1. The minimum absolute atomic E-state index is 0.000951. The van der Waals surface area contributed by atoms with Crippen molar-refractivity contribution in [2.24, 2.45) is 0 Å². The predicted octanol–water partition coefficient (Wildman–Crippen LogP) is 4.50. The fourth-order valence-electron chi connectivity index (χ4n) is 2.98. The number of carbonyl (C=O) groups is 1. The zero-order valence-corrected chi connectivity index (χ0v) is 17.9. The molecule has 154 valence electrons. The lowest BCUT2D eigenvalue weighted by Gasteiger charge is -2.13. The number of aryl methyl sites for hydroxylation is 1. The molecule has 0 aliphatic carbocycles. The lowest BCUT2D eigenvalue weighted by atomic mass is 10.2. The Hall–Kier alpha value is -3.48. The second-order valence-electron chi connectivity index (χ2n) is 6.63. The van der Waals surface area contributed by atoms with E-state index in [0.717, 1.165) is 11.8 Å². The molecular formula is C22H15FN4O2S2. The van der Waals surface area contributed by atoms with Crippen molar-refractivity contribution in [3.63, 3.8) is 0 Å². The Morgan fingerprint density at radius 3 is 2.90 bits per heavy atom. The molecule has 0 atom stereocenters. The molecule has 0 saturated heterocycles. The van der Waals surface area contributed by atoms with Gasteiger partial charge in [0.1, 0.15) is 10.5 Å². The quantitative estimate of drug-likeness (QED) is 0.357. The van der Waals surface area contributed by atoms with Crippen molar-refractivity contribution in [1.82, 2.24) is 9.55 Å². The number of nitriles is 1. The van der Waals surface area contributed by atoms with Gasteiger partial charge in [0.15, 0.2) is 5.16 Å². The van der Waals surface area contributed by atoms with E-state index in [2.05, 4.69) is 10.3 Å². The van der Waals surface area contributed by atoms with E-state index in [4.69, 9.17) is 5.26 Å². The smallest absolute Gasteiger partial charge is 0.276 e. The van der Waals surface area contributed by atoms with Crippen LogP contribution in [0.15, 0.2) is 63.9 Å². The molecule has 1 amide bonds. The summed E-state index contributed by atoms with van der Waals surface area (Å²) >= 11 is 2.39. The number of fused-ring (bicyclic) bond motifs is 1. The molecule has 0 bridgehead atoms. The van der Waals surface area contributed by atoms with Gasteiger partial charge in [0.25, 0.3) is 5.56 Å². The van der Waals surface area contributed by atoms with Crippen LogP contribution in [-0.2, 0) is 4.79 Å². The van der Waals surface area contributed by atoms with Crippen LogP contribution in [0.4, 0.5) is 10.1 Å². The first-order valence-electron chi connectivity index (χ1n) is 9.16. The maximum absolute atomic E-state index is 13.8. The summed E-state index contributed by atoms with van der Waals surface area (Å²) in [5, 5.41) is 13.8. The molecule has 2 heterocycles. The fraction of sp³-hybridized carbons (Fsp3) is 0.0909. The van der Waals surface area contributed by atoms with Crippen molar-refractivity contribution < 1.29 is 9.18 Å². The monoisotopic (exact) mass is 450 g/mol. The standard InChI is InChI=1S/C22H15FN4O2S2/c1-13-9-16(5-6-17(13)23)27-21(29)20-18(7-8-30-20)26-22(27)31-12-19(28)25-15-4-2-3-14(10-15)11-24/h2-10H,12H2,1H3,(H,25,28). The number of thioether (sulfide) groups is 1. The zero-order chi connectivity index (χ0) is 22.0. The van der Waals surface area contributed by atoms with Crippen LogP contribution in [0.1, 0.15) is 11.1 Å². The second-order valence-corrected chi connectivity index (χ2v) is 8.49. The van der Waals surface area contributed by atoms with Crippen LogP contribution >= 0.6 is 23.1 Å². The maximum Gasteiger partial charge on any atom is 0.276 e. The second kappa shape index (κ2) is 8.71. The molecule has 4 rings (SSSR count). The highest BCUT2D eigenvalue weighted by Crippen LogP contribution is 2.25. The molecule has 0 saturated carbocycles. The first-order valence-corrected chi connectivity index (χ1v) is 11.0. The van der Waals surface area contributed by atoms with Crippen molar-refractivity contribution >= 4 is 44.9 Å². The van der Waals surface area contributed by atoms with Crippen LogP contribution in [0.3, 0.4) is 0 Å². The van der Waals surface area contributed by atoms with E-state index in [0.29, 0.717) is 37.9 Å². The molecule has 0 fully saturated rings. The normalized spacial score (nSPS) is 10.7. The Labute approximate surface area is 185 Å². The van der Waals surface area contributed by atoms with Gasteiger partial charge in [0.2, 0.25) is 5.91 Å². The molecule has 0 unspecified atom stereocenters. The van der Waals surface area contributed by atoms with Gasteiger partial charge in [0.05, 0.1) is 28.6 Å². The number of thiophene rings is 1. The number of hydrogen-bond acceptors (Lipinski definition) is 6. The molecule has 6 nitrogen and oxygen atoms in total. The molecule has 2 aromatic heterocycles. The van der Waals surface area contributed by atoms with Crippen LogP contribution in [0.5, 0.6) is 0 Å². The van der Waals surface area contributed by atoms with Crippen LogP contribution in [0.2, 0.25) is 0 Å². The van der Waals surface area contributed by atoms with Gasteiger partial charge in [0, 0.05) is 5.69 Å². The predicted molar refractivity (Wildman–Crippen MR) is 120 cm³/mol. The van der Waals surface area contributed by atoms with Crippen LogP contribution < -0.4 is 10.9 Å². The molecule has 0 spiro atoms. The lowest BCUT2D eigenvalue weighted by molar-refractivity contribution is -0.113. The van der Waals surface area contributed by atoms with Gasteiger partial charge in [-0.2, -0.15) is 5.26 Å². The van der Waals surface area contributed by atoms with E-state index in [1.807, 2.05) is 6.07 Å². The molecule has 9 heteroatoms. The molecule has 0 aliphatic heterocycles. The van der Waals surface area contributed by atoms with Crippen molar-refractivity contribution in [3.05, 3.63) is 81.2 Å². The van der Waals surface area contributed by atoms with Crippen molar-refractivity contribution in [1.29, 1.82) is 5.26 Å². The Bertz CT molecular complexity index is 1400. The number of rotatable bonds is 5. The number of amides is 1. The topological polar surface area (TPSA) is 87.8 Å². The van der Waals surface area contributed by atoms with Crippen LogP contribution in [-0.4, -0.2) is 21.2 Å². The van der Waals surface area contributed by atoms with Crippen molar-refractivity contribution in [2.75, 3.05) is 11.1 Å². The van der Waals surface area contributed by atoms with Gasteiger partial charge in [-0.15, -0.1) is 11.3 Å². The van der Waals surface area contributed by atoms with Gasteiger partial charge in [-0.05, 0) is 60.3 Å². The van der Waals surface area contributed by atoms with E-state index >= 15 is 0 Å². The number of halogens is 1. The van der Waals surface area contributed by atoms with Crippen LogP contribution in [0, 0.1) is 24.1 Å². The van der Waals surface area contributed by atoms with E-state index in [1.54, 1.807) is 48.7 Å². The Kier molecular flexibility index (Phi) is 5.84. The minimum atomic E-state index is -0.366. The van der Waals surface area contributed by atoms with Gasteiger partial charge >= 0.3 is 0 Å². The average Bonchev–Trinajstić information content (AvgIpc) is 3.24. The zero-order valence-electron chi connectivity index (χ0n) is 16.3. The van der Waals surface area contributed by atoms with Gasteiger partial charge in [-0.3, -0.25) is 14.2 Å².